The molecule has 8 heteroatoms. The predicted molar refractivity (Wildman–Crippen MR) is 118 cm³/mol. The third-order valence-corrected chi connectivity index (χ3v) is 6.80. The molecular formula is C24H24F2N2O3S. The summed E-state index contributed by atoms with van der Waals surface area (Å²) in [5, 5.41) is 2.75. The summed E-state index contributed by atoms with van der Waals surface area (Å²) < 4.78 is 54.0. The van der Waals surface area contributed by atoms with E-state index >= 15 is 0 Å². The van der Waals surface area contributed by atoms with E-state index in [1.807, 2.05) is 6.92 Å². The monoisotopic (exact) mass is 458 g/mol. The van der Waals surface area contributed by atoms with Crippen LogP contribution in [0.15, 0.2) is 77.7 Å². The van der Waals surface area contributed by atoms with Crippen LogP contribution in [-0.4, -0.2) is 25.2 Å². The van der Waals surface area contributed by atoms with Crippen molar-refractivity contribution in [3.63, 3.8) is 0 Å². The first-order chi connectivity index (χ1) is 15.1. The van der Waals surface area contributed by atoms with Crippen LogP contribution in [0, 0.1) is 18.6 Å². The van der Waals surface area contributed by atoms with Crippen LogP contribution in [0.25, 0.3) is 0 Å². The van der Waals surface area contributed by atoms with Crippen molar-refractivity contribution in [2.45, 2.75) is 31.3 Å². The van der Waals surface area contributed by atoms with Gasteiger partial charge in [0.1, 0.15) is 11.6 Å². The number of carbonyl (C=O) groups excluding carboxylic acids is 1. The molecule has 0 saturated heterocycles. The van der Waals surface area contributed by atoms with Crippen molar-refractivity contribution >= 4 is 15.9 Å². The Bertz CT molecular complexity index is 1160. The van der Waals surface area contributed by atoms with E-state index < -0.39 is 34.3 Å². The standard InChI is InChI=1S/C24H24F2N2O3S/c1-17-3-13-23(14-4-17)32(30,31)28(15-19-5-9-21(25)10-6-19)16-24(29)27-18(2)20-7-11-22(26)12-8-20/h3-14,18H,15-16H2,1-2H3,(H,27,29). The molecule has 1 amide bonds. The third-order valence-electron chi connectivity index (χ3n) is 5.00. The molecule has 0 bridgehead atoms. The smallest absolute Gasteiger partial charge is 0.243 e. The minimum atomic E-state index is -4.00. The highest BCUT2D eigenvalue weighted by Crippen LogP contribution is 2.20. The van der Waals surface area contributed by atoms with Gasteiger partial charge >= 0.3 is 0 Å². The van der Waals surface area contributed by atoms with Crippen LogP contribution in [0.5, 0.6) is 0 Å². The van der Waals surface area contributed by atoms with E-state index in [4.69, 9.17) is 0 Å². The van der Waals surface area contributed by atoms with E-state index in [0.717, 1.165) is 9.87 Å². The number of aryl methyl sites for hydroxylation is 1. The molecular weight excluding hydrogens is 434 g/mol. The Labute approximate surface area is 186 Å². The number of hydrogen-bond donors (Lipinski definition) is 1. The van der Waals surface area contributed by atoms with E-state index in [2.05, 4.69) is 5.32 Å². The molecule has 0 heterocycles. The van der Waals surface area contributed by atoms with E-state index in [9.17, 15) is 22.0 Å². The van der Waals surface area contributed by atoms with Crippen LogP contribution in [-0.2, 0) is 21.4 Å². The number of halogens is 2. The number of carbonyl (C=O) groups is 1. The van der Waals surface area contributed by atoms with Gasteiger partial charge in [0.05, 0.1) is 17.5 Å². The van der Waals surface area contributed by atoms with Gasteiger partial charge in [-0.2, -0.15) is 4.31 Å². The molecule has 0 spiro atoms. The molecule has 0 radical (unpaired) electrons. The molecule has 32 heavy (non-hydrogen) atoms. The van der Waals surface area contributed by atoms with Gasteiger partial charge in [0.2, 0.25) is 15.9 Å². The van der Waals surface area contributed by atoms with E-state index in [-0.39, 0.29) is 17.3 Å². The second-order valence-electron chi connectivity index (χ2n) is 7.55. The van der Waals surface area contributed by atoms with Gasteiger partial charge in [0.15, 0.2) is 0 Å². The van der Waals surface area contributed by atoms with Gasteiger partial charge in [0, 0.05) is 6.54 Å². The first-order valence-electron chi connectivity index (χ1n) is 10.0. The van der Waals surface area contributed by atoms with Crippen molar-refractivity contribution in [3.8, 4) is 0 Å². The molecule has 168 valence electrons. The van der Waals surface area contributed by atoms with E-state index in [1.54, 1.807) is 31.2 Å². The fraction of sp³-hybridized carbons (Fsp3) is 0.208. The maximum absolute atomic E-state index is 13.3. The molecule has 0 aliphatic rings. The molecule has 0 aliphatic carbocycles. The fourth-order valence-corrected chi connectivity index (χ4v) is 4.55. The van der Waals surface area contributed by atoms with Crippen molar-refractivity contribution in [1.82, 2.24) is 9.62 Å². The number of nitrogens with zero attached hydrogens (tertiary/aromatic N) is 1. The van der Waals surface area contributed by atoms with E-state index in [0.29, 0.717) is 11.1 Å². The first kappa shape index (κ1) is 23.6. The van der Waals surface area contributed by atoms with Gasteiger partial charge < -0.3 is 5.32 Å². The minimum Gasteiger partial charge on any atom is -0.348 e. The summed E-state index contributed by atoms with van der Waals surface area (Å²) in [6, 6.07) is 17.0. The largest absolute Gasteiger partial charge is 0.348 e. The number of hydrogen-bond acceptors (Lipinski definition) is 3. The molecule has 1 unspecified atom stereocenters. The summed E-state index contributed by atoms with van der Waals surface area (Å²) >= 11 is 0. The fourth-order valence-electron chi connectivity index (χ4n) is 3.16. The topological polar surface area (TPSA) is 66.5 Å². The lowest BCUT2D eigenvalue weighted by molar-refractivity contribution is -0.122. The zero-order valence-corrected chi connectivity index (χ0v) is 18.6. The molecule has 3 aromatic rings. The lowest BCUT2D eigenvalue weighted by atomic mass is 10.1. The second kappa shape index (κ2) is 10.0. The molecule has 1 atom stereocenters. The maximum atomic E-state index is 13.3. The Morgan fingerprint density at radius 1 is 0.906 bits per heavy atom. The highest BCUT2D eigenvalue weighted by atomic mass is 32.2. The van der Waals surface area contributed by atoms with Crippen LogP contribution >= 0.6 is 0 Å². The molecule has 1 N–H and O–H groups in total. The Kier molecular flexibility index (Phi) is 7.37. The van der Waals surface area contributed by atoms with Crippen LogP contribution in [0.2, 0.25) is 0 Å². The van der Waals surface area contributed by atoms with Gasteiger partial charge in [-0.3, -0.25) is 4.79 Å². The Morgan fingerprint density at radius 3 is 2.00 bits per heavy atom. The van der Waals surface area contributed by atoms with Crippen molar-refractivity contribution in [2.24, 2.45) is 0 Å². The third kappa shape index (κ3) is 5.99. The summed E-state index contributed by atoms with van der Waals surface area (Å²) in [4.78, 5) is 12.8. The van der Waals surface area contributed by atoms with Crippen molar-refractivity contribution < 1.29 is 22.0 Å². The van der Waals surface area contributed by atoms with Gasteiger partial charge in [-0.15, -0.1) is 0 Å². The predicted octanol–water partition coefficient (Wildman–Crippen LogP) is 4.34. The molecule has 3 rings (SSSR count). The summed E-state index contributed by atoms with van der Waals surface area (Å²) in [5.41, 5.74) is 2.13. The molecule has 5 nitrogen and oxygen atoms in total. The van der Waals surface area contributed by atoms with Gasteiger partial charge in [-0.25, -0.2) is 17.2 Å². The Morgan fingerprint density at radius 2 is 1.44 bits per heavy atom. The number of amides is 1. The zero-order chi connectivity index (χ0) is 23.3. The SMILES string of the molecule is Cc1ccc(S(=O)(=O)N(CC(=O)NC(C)c2ccc(F)cc2)Cc2ccc(F)cc2)cc1. The Hall–Kier alpha value is -3.10. The Balaban J connectivity index is 1.82. The minimum absolute atomic E-state index is 0.0598. The number of rotatable bonds is 8. The van der Waals surface area contributed by atoms with E-state index in [1.165, 1.54) is 48.5 Å². The van der Waals surface area contributed by atoms with Crippen LogP contribution in [0.3, 0.4) is 0 Å². The highest BCUT2D eigenvalue weighted by Gasteiger charge is 2.27. The average molecular weight is 459 g/mol. The summed E-state index contributed by atoms with van der Waals surface area (Å²) in [6.45, 7) is 3.04. The van der Waals surface area contributed by atoms with Gasteiger partial charge in [0.25, 0.3) is 0 Å². The van der Waals surface area contributed by atoms with Gasteiger partial charge in [-0.05, 0) is 61.4 Å². The normalized spacial score (nSPS) is 12.5. The van der Waals surface area contributed by atoms with Crippen LogP contribution in [0.1, 0.15) is 29.7 Å². The molecule has 3 aromatic carbocycles. The number of sulfonamides is 1. The second-order valence-corrected chi connectivity index (χ2v) is 9.49. The van der Waals surface area contributed by atoms with Crippen molar-refractivity contribution in [2.75, 3.05) is 6.54 Å². The zero-order valence-electron chi connectivity index (χ0n) is 17.8. The first-order valence-corrected chi connectivity index (χ1v) is 11.5. The molecule has 0 aromatic heterocycles. The highest BCUT2D eigenvalue weighted by molar-refractivity contribution is 7.89. The molecule has 0 fully saturated rings. The van der Waals surface area contributed by atoms with Crippen molar-refractivity contribution in [1.29, 1.82) is 0 Å². The van der Waals surface area contributed by atoms with Crippen molar-refractivity contribution in [3.05, 3.63) is 101 Å². The summed E-state index contributed by atoms with van der Waals surface area (Å²) in [7, 11) is -4.00. The number of benzene rings is 3. The lowest BCUT2D eigenvalue weighted by Crippen LogP contribution is -2.41. The quantitative estimate of drug-likeness (QED) is 0.546. The molecule has 0 aliphatic heterocycles. The summed E-state index contributed by atoms with van der Waals surface area (Å²) in [5.74, 6) is -1.34. The molecule has 0 saturated carbocycles. The number of nitrogens with one attached hydrogen (secondary N) is 1. The lowest BCUT2D eigenvalue weighted by Gasteiger charge is -2.23. The van der Waals surface area contributed by atoms with Gasteiger partial charge in [-0.1, -0.05) is 42.0 Å². The van der Waals surface area contributed by atoms with Crippen LogP contribution in [0.4, 0.5) is 8.78 Å². The van der Waals surface area contributed by atoms with Crippen LogP contribution < -0.4 is 5.32 Å². The summed E-state index contributed by atoms with van der Waals surface area (Å²) in [6.07, 6.45) is 0. The maximum Gasteiger partial charge on any atom is 0.243 e. The average Bonchev–Trinajstić information content (AvgIpc) is 2.75.